The summed E-state index contributed by atoms with van der Waals surface area (Å²) >= 11 is 0. The Morgan fingerprint density at radius 3 is 2.75 bits per heavy atom. The Kier molecular flexibility index (Phi) is 5.81. The Bertz CT molecular complexity index is 808. The van der Waals surface area contributed by atoms with Gasteiger partial charge in [-0.05, 0) is 37.5 Å². The van der Waals surface area contributed by atoms with Gasteiger partial charge in [-0.15, -0.1) is 0 Å². The molecule has 148 valence electrons. The van der Waals surface area contributed by atoms with Gasteiger partial charge in [-0.2, -0.15) is 0 Å². The number of hydrogen-bond donors (Lipinski definition) is 0. The van der Waals surface area contributed by atoms with Crippen molar-refractivity contribution in [1.82, 2.24) is 19.9 Å². The average Bonchev–Trinajstić information content (AvgIpc) is 2.75. The molecule has 28 heavy (non-hydrogen) atoms. The molecule has 0 unspecified atom stereocenters. The number of rotatable bonds is 4. The Labute approximate surface area is 165 Å². The highest BCUT2D eigenvalue weighted by atomic mass is 16.5. The van der Waals surface area contributed by atoms with Crippen molar-refractivity contribution in [2.45, 2.75) is 32.1 Å². The lowest BCUT2D eigenvalue weighted by atomic mass is 9.94. The molecule has 7 heteroatoms. The summed E-state index contributed by atoms with van der Waals surface area (Å²) in [6.07, 6.45) is 5.95. The molecule has 0 radical (unpaired) electrons. The monoisotopic (exact) mass is 381 g/mol. The van der Waals surface area contributed by atoms with Crippen molar-refractivity contribution in [3.8, 4) is 0 Å². The van der Waals surface area contributed by atoms with Gasteiger partial charge in [0.15, 0.2) is 0 Å². The van der Waals surface area contributed by atoms with Crippen LogP contribution in [0.15, 0.2) is 30.6 Å². The first-order valence-electron chi connectivity index (χ1n) is 10.0. The fraction of sp³-hybridized carbons (Fsp3) is 0.524. The number of piperidine rings is 1. The molecule has 2 saturated heterocycles. The molecular weight excluding hydrogens is 354 g/mol. The smallest absolute Gasteiger partial charge is 0.227 e. The number of aryl methyl sites for hydroxylation is 1. The van der Waals surface area contributed by atoms with E-state index in [-0.39, 0.29) is 11.8 Å². The molecule has 0 bridgehead atoms. The highest BCUT2D eigenvalue weighted by molar-refractivity contribution is 5.78. The second kappa shape index (κ2) is 8.65. The molecule has 0 aliphatic carbocycles. The lowest BCUT2D eigenvalue weighted by molar-refractivity contribution is -0.131. The highest BCUT2D eigenvalue weighted by Crippen LogP contribution is 2.28. The van der Waals surface area contributed by atoms with E-state index in [1.807, 2.05) is 24.0 Å². The lowest BCUT2D eigenvalue weighted by Gasteiger charge is -2.33. The van der Waals surface area contributed by atoms with E-state index in [1.54, 1.807) is 12.4 Å². The van der Waals surface area contributed by atoms with E-state index in [4.69, 9.17) is 9.72 Å². The summed E-state index contributed by atoms with van der Waals surface area (Å²) in [6, 6.07) is 5.92. The quantitative estimate of drug-likeness (QED) is 0.806. The topological polar surface area (TPSA) is 71.5 Å². The molecule has 2 aromatic rings. The van der Waals surface area contributed by atoms with Gasteiger partial charge >= 0.3 is 0 Å². The third-order valence-electron chi connectivity index (χ3n) is 5.48. The third-order valence-corrected chi connectivity index (χ3v) is 5.48. The van der Waals surface area contributed by atoms with Gasteiger partial charge < -0.3 is 14.5 Å². The molecule has 4 rings (SSSR count). The first-order valence-corrected chi connectivity index (χ1v) is 10.0. The number of carbonyl (C=O) groups is 1. The van der Waals surface area contributed by atoms with E-state index in [9.17, 15) is 4.79 Å². The number of aromatic nitrogens is 3. The van der Waals surface area contributed by atoms with E-state index in [1.165, 1.54) is 0 Å². The summed E-state index contributed by atoms with van der Waals surface area (Å²) in [6.45, 7) is 6.68. The van der Waals surface area contributed by atoms with Crippen LogP contribution < -0.4 is 4.90 Å². The van der Waals surface area contributed by atoms with Crippen LogP contribution in [0.3, 0.4) is 0 Å². The first-order chi connectivity index (χ1) is 13.7. The molecule has 4 heterocycles. The Hall–Kier alpha value is -2.54. The van der Waals surface area contributed by atoms with Crippen molar-refractivity contribution < 1.29 is 9.53 Å². The summed E-state index contributed by atoms with van der Waals surface area (Å²) in [5.41, 5.74) is 2.06. The van der Waals surface area contributed by atoms with Crippen LogP contribution in [0, 0.1) is 6.92 Å². The number of ether oxygens (including phenoxy) is 1. The van der Waals surface area contributed by atoms with E-state index < -0.39 is 0 Å². The van der Waals surface area contributed by atoms with Crippen molar-refractivity contribution in [3.05, 3.63) is 47.7 Å². The maximum atomic E-state index is 12.8. The Morgan fingerprint density at radius 2 is 1.96 bits per heavy atom. The number of morpholine rings is 1. The number of hydrogen-bond acceptors (Lipinski definition) is 6. The standard InChI is InChI=1S/C21H27N5O2/c1-16-23-19(14-20(24-16)25-9-11-28-12-10-25)18-3-2-8-26(15-18)21(27)13-17-4-6-22-7-5-17/h4-7,14,18H,2-3,8-13,15H2,1H3/t18-/m1/s1. The maximum absolute atomic E-state index is 12.8. The van der Waals surface area contributed by atoms with Crippen LogP contribution in [-0.4, -0.2) is 65.2 Å². The molecule has 1 atom stereocenters. The lowest BCUT2D eigenvalue weighted by Crippen LogP contribution is -2.40. The number of pyridine rings is 1. The Balaban J connectivity index is 1.46. The predicted octanol–water partition coefficient (Wildman–Crippen LogP) is 1.97. The summed E-state index contributed by atoms with van der Waals surface area (Å²) in [7, 11) is 0. The van der Waals surface area contributed by atoms with Crippen LogP contribution in [0.25, 0.3) is 0 Å². The molecule has 0 aromatic carbocycles. The van der Waals surface area contributed by atoms with Crippen molar-refractivity contribution >= 4 is 11.7 Å². The molecule has 7 nitrogen and oxygen atoms in total. The number of likely N-dealkylation sites (tertiary alicyclic amines) is 1. The molecule has 0 saturated carbocycles. The van der Waals surface area contributed by atoms with Gasteiger partial charge in [-0.3, -0.25) is 9.78 Å². The zero-order valence-electron chi connectivity index (χ0n) is 16.4. The molecule has 2 fully saturated rings. The maximum Gasteiger partial charge on any atom is 0.227 e. The zero-order chi connectivity index (χ0) is 19.3. The molecule has 2 aliphatic heterocycles. The van der Waals surface area contributed by atoms with Gasteiger partial charge in [0.05, 0.1) is 25.3 Å². The summed E-state index contributed by atoms with van der Waals surface area (Å²) < 4.78 is 5.45. The van der Waals surface area contributed by atoms with Gasteiger partial charge in [-0.25, -0.2) is 9.97 Å². The summed E-state index contributed by atoms with van der Waals surface area (Å²) in [5.74, 6) is 2.21. The van der Waals surface area contributed by atoms with E-state index >= 15 is 0 Å². The van der Waals surface area contributed by atoms with E-state index in [0.29, 0.717) is 6.42 Å². The average molecular weight is 381 g/mol. The van der Waals surface area contributed by atoms with Crippen LogP contribution in [-0.2, 0) is 16.0 Å². The minimum atomic E-state index is 0.176. The van der Waals surface area contributed by atoms with Gasteiger partial charge in [-0.1, -0.05) is 0 Å². The van der Waals surface area contributed by atoms with Gasteiger partial charge in [0.25, 0.3) is 0 Å². The minimum absolute atomic E-state index is 0.176. The molecule has 1 amide bonds. The van der Waals surface area contributed by atoms with Gasteiger partial charge in [0, 0.05) is 50.6 Å². The van der Waals surface area contributed by atoms with Crippen molar-refractivity contribution in [3.63, 3.8) is 0 Å². The largest absolute Gasteiger partial charge is 0.378 e. The molecule has 0 spiro atoms. The SMILES string of the molecule is Cc1nc([C@@H]2CCCN(C(=O)Cc3ccncc3)C2)cc(N2CCOCC2)n1. The second-order valence-corrected chi connectivity index (χ2v) is 7.51. The number of anilines is 1. The second-order valence-electron chi connectivity index (χ2n) is 7.51. The normalized spacial score (nSPS) is 20.2. The fourth-order valence-corrected chi connectivity index (χ4v) is 3.97. The number of nitrogens with zero attached hydrogens (tertiary/aromatic N) is 5. The van der Waals surface area contributed by atoms with Crippen molar-refractivity contribution in [1.29, 1.82) is 0 Å². The summed E-state index contributed by atoms with van der Waals surface area (Å²) in [5, 5.41) is 0. The zero-order valence-corrected chi connectivity index (χ0v) is 16.4. The van der Waals surface area contributed by atoms with Crippen LogP contribution in [0.4, 0.5) is 5.82 Å². The predicted molar refractivity (Wildman–Crippen MR) is 106 cm³/mol. The number of amides is 1. The summed E-state index contributed by atoms with van der Waals surface area (Å²) in [4.78, 5) is 30.4. The highest BCUT2D eigenvalue weighted by Gasteiger charge is 2.27. The van der Waals surface area contributed by atoms with Crippen LogP contribution in [0.1, 0.15) is 35.8 Å². The van der Waals surface area contributed by atoms with E-state index in [2.05, 4.69) is 20.9 Å². The fourth-order valence-electron chi connectivity index (χ4n) is 3.97. The number of carbonyl (C=O) groups excluding carboxylic acids is 1. The minimum Gasteiger partial charge on any atom is -0.378 e. The van der Waals surface area contributed by atoms with Crippen molar-refractivity contribution in [2.75, 3.05) is 44.3 Å². The van der Waals surface area contributed by atoms with E-state index in [0.717, 1.165) is 75.1 Å². The van der Waals surface area contributed by atoms with Crippen LogP contribution in [0.2, 0.25) is 0 Å². The third kappa shape index (κ3) is 4.47. The van der Waals surface area contributed by atoms with Crippen LogP contribution in [0.5, 0.6) is 0 Å². The molecule has 0 N–H and O–H groups in total. The molecular formula is C21H27N5O2. The Morgan fingerprint density at radius 1 is 1.18 bits per heavy atom. The van der Waals surface area contributed by atoms with Crippen LogP contribution >= 0.6 is 0 Å². The molecule has 2 aliphatic rings. The van der Waals surface area contributed by atoms with Gasteiger partial charge in [0.2, 0.25) is 5.91 Å². The van der Waals surface area contributed by atoms with Crippen molar-refractivity contribution in [2.24, 2.45) is 0 Å². The van der Waals surface area contributed by atoms with Gasteiger partial charge in [0.1, 0.15) is 11.6 Å². The first kappa shape index (κ1) is 18.8. The molecule has 2 aromatic heterocycles.